The minimum Gasteiger partial charge on any atom is -0.480 e. The molecule has 9 heteroatoms. The van der Waals surface area contributed by atoms with E-state index in [1.54, 1.807) is 0 Å². The van der Waals surface area contributed by atoms with Gasteiger partial charge in [0.05, 0.1) is 19.0 Å². The molecule has 114 valence electrons. The molecule has 2 N–H and O–H groups in total. The average molecular weight is 296 g/mol. The van der Waals surface area contributed by atoms with E-state index in [-0.39, 0.29) is 6.54 Å². The molecular weight excluding hydrogens is 280 g/mol. The van der Waals surface area contributed by atoms with Crippen molar-refractivity contribution < 1.29 is 24.2 Å². The van der Waals surface area contributed by atoms with E-state index in [9.17, 15) is 14.4 Å². The zero-order chi connectivity index (χ0) is 15.4. The Morgan fingerprint density at radius 2 is 2.29 bits per heavy atom. The summed E-state index contributed by atoms with van der Waals surface area (Å²) in [7, 11) is 1.28. The first-order chi connectivity index (χ1) is 10.0. The summed E-state index contributed by atoms with van der Waals surface area (Å²) in [5, 5.41) is 15.1. The maximum absolute atomic E-state index is 12.1. The second-order valence-electron chi connectivity index (χ2n) is 4.63. The van der Waals surface area contributed by atoms with E-state index in [1.165, 1.54) is 29.1 Å². The van der Waals surface area contributed by atoms with E-state index in [4.69, 9.17) is 5.11 Å². The smallest absolute Gasteiger partial charge is 0.328 e. The van der Waals surface area contributed by atoms with Crippen LogP contribution >= 0.6 is 0 Å². The fourth-order valence-electron chi connectivity index (χ4n) is 2.24. The van der Waals surface area contributed by atoms with Crippen molar-refractivity contribution in [3.05, 3.63) is 12.4 Å². The average Bonchev–Trinajstić information content (AvgIpc) is 3.06. The molecule has 0 aliphatic carbocycles. The predicted octanol–water partition coefficient (Wildman–Crippen LogP) is 0.137. The predicted molar refractivity (Wildman–Crippen MR) is 70.6 cm³/mol. The molecule has 9 nitrogen and oxygen atoms in total. The van der Waals surface area contributed by atoms with E-state index in [0.717, 1.165) is 6.42 Å². The zero-order valence-electron chi connectivity index (χ0n) is 11.5. The van der Waals surface area contributed by atoms with Gasteiger partial charge in [-0.2, -0.15) is 5.10 Å². The maximum Gasteiger partial charge on any atom is 0.328 e. The van der Waals surface area contributed by atoms with Gasteiger partial charge in [0.25, 0.3) is 0 Å². The molecular formula is C12H16N4O5. The minimum absolute atomic E-state index is 0.287. The summed E-state index contributed by atoms with van der Waals surface area (Å²) >= 11 is 0. The molecule has 1 fully saturated rings. The van der Waals surface area contributed by atoms with Gasteiger partial charge in [0.15, 0.2) is 0 Å². The van der Waals surface area contributed by atoms with Gasteiger partial charge in [-0.05, 0) is 12.8 Å². The molecule has 0 spiro atoms. The van der Waals surface area contributed by atoms with Crippen molar-refractivity contribution >= 4 is 23.7 Å². The zero-order valence-corrected chi connectivity index (χ0v) is 11.5. The Kier molecular flexibility index (Phi) is 4.41. The van der Waals surface area contributed by atoms with Crippen molar-refractivity contribution in [2.75, 3.05) is 19.0 Å². The number of aliphatic carboxylic acids is 1. The van der Waals surface area contributed by atoms with E-state index in [0.29, 0.717) is 18.7 Å². The van der Waals surface area contributed by atoms with Crippen LogP contribution in [-0.4, -0.2) is 57.5 Å². The van der Waals surface area contributed by atoms with Gasteiger partial charge in [0, 0.05) is 12.7 Å². The third-order valence-corrected chi connectivity index (χ3v) is 3.17. The molecule has 1 aromatic heterocycles. The number of hydrogen-bond donors (Lipinski definition) is 2. The topological polar surface area (TPSA) is 114 Å². The van der Waals surface area contributed by atoms with Gasteiger partial charge < -0.3 is 20.1 Å². The molecule has 1 aliphatic rings. The molecule has 1 atom stereocenters. The first-order valence-electron chi connectivity index (χ1n) is 6.41. The van der Waals surface area contributed by atoms with Crippen molar-refractivity contribution in [2.45, 2.75) is 25.4 Å². The van der Waals surface area contributed by atoms with Crippen molar-refractivity contribution in [3.8, 4) is 0 Å². The normalized spacial score (nSPS) is 17.6. The third-order valence-electron chi connectivity index (χ3n) is 3.17. The van der Waals surface area contributed by atoms with Crippen LogP contribution in [0.2, 0.25) is 0 Å². The van der Waals surface area contributed by atoms with Crippen molar-refractivity contribution in [3.63, 3.8) is 0 Å². The maximum atomic E-state index is 12.1. The van der Waals surface area contributed by atoms with Gasteiger partial charge in [-0.1, -0.05) is 0 Å². The lowest BCUT2D eigenvalue weighted by Gasteiger charge is -2.22. The van der Waals surface area contributed by atoms with Crippen molar-refractivity contribution in [1.29, 1.82) is 0 Å². The van der Waals surface area contributed by atoms with Crippen LogP contribution in [0, 0.1) is 0 Å². The van der Waals surface area contributed by atoms with Gasteiger partial charge in [0.1, 0.15) is 12.6 Å². The fraction of sp³-hybridized carbons (Fsp3) is 0.500. The highest BCUT2D eigenvalue weighted by molar-refractivity contribution is 5.92. The number of aromatic nitrogens is 2. The standard InChI is InChI=1S/C12H16N4O5/c1-21-11(19)9-3-2-4-16(9)12(20)14-8-5-13-15(6-8)7-10(17)18/h5-6,9H,2-4,7H2,1H3,(H,14,20)(H,17,18). The molecule has 0 aromatic carbocycles. The fourth-order valence-corrected chi connectivity index (χ4v) is 2.24. The summed E-state index contributed by atoms with van der Waals surface area (Å²) < 4.78 is 5.86. The van der Waals surface area contributed by atoms with Gasteiger partial charge in [-0.25, -0.2) is 9.59 Å². The SMILES string of the molecule is COC(=O)C1CCCN1C(=O)Nc1cnn(CC(=O)O)c1. The molecule has 2 amide bonds. The number of amides is 2. The van der Waals surface area contributed by atoms with Crippen LogP contribution in [0.4, 0.5) is 10.5 Å². The Balaban J connectivity index is 1.99. The lowest BCUT2D eigenvalue weighted by atomic mass is 10.2. The summed E-state index contributed by atoms with van der Waals surface area (Å²) in [6.07, 6.45) is 4.06. The molecule has 1 unspecified atom stereocenters. The summed E-state index contributed by atoms with van der Waals surface area (Å²) in [6.45, 7) is 0.180. The number of carboxylic acid groups (broad SMARTS) is 1. The van der Waals surface area contributed by atoms with Crippen LogP contribution < -0.4 is 5.32 Å². The van der Waals surface area contributed by atoms with E-state index in [1.807, 2.05) is 0 Å². The molecule has 1 saturated heterocycles. The molecule has 0 radical (unpaired) electrons. The number of carbonyl (C=O) groups excluding carboxylic acids is 2. The molecule has 2 heterocycles. The van der Waals surface area contributed by atoms with E-state index in [2.05, 4.69) is 15.2 Å². The van der Waals surface area contributed by atoms with Gasteiger partial charge in [-0.15, -0.1) is 0 Å². The van der Waals surface area contributed by atoms with Crippen LogP contribution in [0.5, 0.6) is 0 Å². The Bertz CT molecular complexity index is 556. The number of carbonyl (C=O) groups is 3. The van der Waals surface area contributed by atoms with Gasteiger partial charge in [0.2, 0.25) is 0 Å². The van der Waals surface area contributed by atoms with Gasteiger partial charge >= 0.3 is 18.0 Å². The summed E-state index contributed by atoms with van der Waals surface area (Å²) in [5.74, 6) is -1.47. The largest absolute Gasteiger partial charge is 0.480 e. The first-order valence-corrected chi connectivity index (χ1v) is 6.41. The lowest BCUT2D eigenvalue weighted by molar-refractivity contribution is -0.144. The molecule has 0 bridgehead atoms. The first kappa shape index (κ1) is 14.8. The second kappa shape index (κ2) is 6.25. The Labute approximate surface area is 120 Å². The van der Waals surface area contributed by atoms with Crippen LogP contribution in [-0.2, 0) is 20.9 Å². The number of nitrogens with zero attached hydrogens (tertiary/aromatic N) is 3. The van der Waals surface area contributed by atoms with E-state index < -0.39 is 24.0 Å². The quantitative estimate of drug-likeness (QED) is 0.764. The third kappa shape index (κ3) is 3.50. The number of nitrogens with one attached hydrogen (secondary N) is 1. The van der Waals surface area contributed by atoms with Crippen LogP contribution in [0.3, 0.4) is 0 Å². The number of ether oxygens (including phenoxy) is 1. The van der Waals surface area contributed by atoms with Crippen LogP contribution in [0.15, 0.2) is 12.4 Å². The number of carboxylic acids is 1. The minimum atomic E-state index is -1.03. The number of rotatable bonds is 4. The number of anilines is 1. The summed E-state index contributed by atoms with van der Waals surface area (Å²) in [4.78, 5) is 35.7. The lowest BCUT2D eigenvalue weighted by Crippen LogP contribution is -2.43. The highest BCUT2D eigenvalue weighted by atomic mass is 16.5. The Hall–Kier alpha value is -2.58. The Morgan fingerprint density at radius 1 is 1.52 bits per heavy atom. The number of likely N-dealkylation sites (tertiary alicyclic amines) is 1. The van der Waals surface area contributed by atoms with Crippen LogP contribution in [0.25, 0.3) is 0 Å². The highest BCUT2D eigenvalue weighted by Gasteiger charge is 2.34. The van der Waals surface area contributed by atoms with Crippen LogP contribution in [0.1, 0.15) is 12.8 Å². The number of methoxy groups -OCH3 is 1. The Morgan fingerprint density at radius 3 is 2.95 bits per heavy atom. The van der Waals surface area contributed by atoms with Crippen molar-refractivity contribution in [2.24, 2.45) is 0 Å². The molecule has 1 aromatic rings. The van der Waals surface area contributed by atoms with E-state index >= 15 is 0 Å². The molecule has 21 heavy (non-hydrogen) atoms. The summed E-state index contributed by atoms with van der Waals surface area (Å²) in [6, 6.07) is -1.01. The molecule has 2 rings (SSSR count). The molecule has 1 aliphatic heterocycles. The van der Waals surface area contributed by atoms with Crippen molar-refractivity contribution in [1.82, 2.24) is 14.7 Å². The second-order valence-corrected chi connectivity index (χ2v) is 4.63. The van der Waals surface area contributed by atoms with Gasteiger partial charge in [-0.3, -0.25) is 9.48 Å². The highest BCUT2D eigenvalue weighted by Crippen LogP contribution is 2.19. The summed E-state index contributed by atoms with van der Waals surface area (Å²) in [5.41, 5.74) is 0.372. The number of urea groups is 1. The molecule has 0 saturated carbocycles. The monoisotopic (exact) mass is 296 g/mol. The number of hydrogen-bond acceptors (Lipinski definition) is 5. The number of esters is 1.